The number of hydrogen-bond donors (Lipinski definition) is 1. The van der Waals surface area contributed by atoms with E-state index in [9.17, 15) is 4.79 Å². The highest BCUT2D eigenvalue weighted by atomic mass is 16.5. The monoisotopic (exact) mass is 185 g/mol. The number of aliphatic carboxylic acids is 1. The first-order valence-corrected chi connectivity index (χ1v) is 4.42. The molecule has 0 radical (unpaired) electrons. The van der Waals surface area contributed by atoms with E-state index in [4.69, 9.17) is 9.84 Å². The number of nitrogens with zero attached hydrogens (tertiary/aromatic N) is 1. The molecule has 0 amide bonds. The van der Waals surface area contributed by atoms with Gasteiger partial charge in [0.15, 0.2) is 0 Å². The molecule has 0 aromatic heterocycles. The summed E-state index contributed by atoms with van der Waals surface area (Å²) in [6.45, 7) is 6.95. The second-order valence-electron chi connectivity index (χ2n) is 3.06. The van der Waals surface area contributed by atoms with Gasteiger partial charge in [-0.15, -0.1) is 0 Å². The lowest BCUT2D eigenvalue weighted by Gasteiger charge is -2.30. The third-order valence-corrected chi connectivity index (χ3v) is 2.09. The maximum Gasteiger partial charge on any atom is 0.303 e. The van der Waals surface area contributed by atoms with Crippen molar-refractivity contribution in [3.05, 3.63) is 12.3 Å². The first kappa shape index (κ1) is 10.1. The molecule has 0 bridgehead atoms. The average Bonchev–Trinajstić information content (AvgIpc) is 2.15. The van der Waals surface area contributed by atoms with E-state index in [1.165, 1.54) is 0 Å². The number of allylic oxidation sites excluding steroid dienone is 1. The van der Waals surface area contributed by atoms with E-state index in [2.05, 4.69) is 11.5 Å². The van der Waals surface area contributed by atoms with E-state index < -0.39 is 5.97 Å². The molecule has 1 saturated heterocycles. The van der Waals surface area contributed by atoms with Crippen molar-refractivity contribution in [2.24, 2.45) is 0 Å². The number of rotatable bonds is 4. The summed E-state index contributed by atoms with van der Waals surface area (Å²) < 4.78 is 5.18. The van der Waals surface area contributed by atoms with Crippen LogP contribution in [0.4, 0.5) is 0 Å². The predicted octanol–water partition coefficient (Wildman–Crippen LogP) is 0.697. The van der Waals surface area contributed by atoms with Gasteiger partial charge in [0, 0.05) is 18.8 Å². The minimum absolute atomic E-state index is 0.163. The molecular formula is C9H15NO3. The summed E-state index contributed by atoms with van der Waals surface area (Å²) in [4.78, 5) is 12.4. The standard InChI is InChI=1S/C9H15NO3/c1-8(2-3-9(11)12)10-4-6-13-7-5-10/h1-7H2,(H,11,12). The fourth-order valence-electron chi connectivity index (χ4n) is 1.29. The zero-order valence-electron chi connectivity index (χ0n) is 7.66. The van der Waals surface area contributed by atoms with Gasteiger partial charge in [0.05, 0.1) is 19.6 Å². The Labute approximate surface area is 77.8 Å². The second kappa shape index (κ2) is 4.87. The first-order valence-electron chi connectivity index (χ1n) is 4.42. The Hall–Kier alpha value is -1.03. The smallest absolute Gasteiger partial charge is 0.303 e. The molecule has 0 aromatic rings. The van der Waals surface area contributed by atoms with Crippen molar-refractivity contribution in [3.63, 3.8) is 0 Å². The van der Waals surface area contributed by atoms with Crippen LogP contribution in [0.5, 0.6) is 0 Å². The summed E-state index contributed by atoms with van der Waals surface area (Å²) in [5.41, 5.74) is 0.908. The van der Waals surface area contributed by atoms with Gasteiger partial charge in [0.1, 0.15) is 0 Å². The molecule has 1 heterocycles. The summed E-state index contributed by atoms with van der Waals surface area (Å²) >= 11 is 0. The predicted molar refractivity (Wildman–Crippen MR) is 48.4 cm³/mol. The molecule has 4 nitrogen and oxygen atoms in total. The van der Waals surface area contributed by atoms with Crippen molar-refractivity contribution in [1.29, 1.82) is 0 Å². The van der Waals surface area contributed by atoms with Gasteiger partial charge < -0.3 is 14.7 Å². The summed E-state index contributed by atoms with van der Waals surface area (Å²) in [7, 11) is 0. The van der Waals surface area contributed by atoms with E-state index in [0.29, 0.717) is 19.6 Å². The van der Waals surface area contributed by atoms with Gasteiger partial charge in [-0.1, -0.05) is 6.58 Å². The number of carbonyl (C=O) groups is 1. The highest BCUT2D eigenvalue weighted by Crippen LogP contribution is 2.11. The van der Waals surface area contributed by atoms with E-state index in [1.54, 1.807) is 0 Å². The van der Waals surface area contributed by atoms with Crippen LogP contribution >= 0.6 is 0 Å². The molecule has 0 aliphatic carbocycles. The molecular weight excluding hydrogens is 170 g/mol. The summed E-state index contributed by atoms with van der Waals surface area (Å²) in [5, 5.41) is 8.48. The normalized spacial score (nSPS) is 17.1. The number of carboxylic acids is 1. The van der Waals surface area contributed by atoms with Crippen molar-refractivity contribution in [3.8, 4) is 0 Å². The Kier molecular flexibility index (Phi) is 3.76. The molecule has 74 valence electrons. The number of hydrogen-bond acceptors (Lipinski definition) is 3. The van der Waals surface area contributed by atoms with Crippen molar-refractivity contribution >= 4 is 5.97 Å². The highest BCUT2D eigenvalue weighted by Gasteiger charge is 2.12. The molecule has 4 heteroatoms. The molecule has 0 spiro atoms. The number of morpholine rings is 1. The van der Waals surface area contributed by atoms with E-state index in [-0.39, 0.29) is 6.42 Å². The Balaban J connectivity index is 2.25. The van der Waals surface area contributed by atoms with Crippen LogP contribution in [0.15, 0.2) is 12.3 Å². The quantitative estimate of drug-likeness (QED) is 0.700. The van der Waals surface area contributed by atoms with Crippen molar-refractivity contribution < 1.29 is 14.6 Å². The maximum absolute atomic E-state index is 10.3. The van der Waals surface area contributed by atoms with E-state index in [0.717, 1.165) is 18.8 Å². The van der Waals surface area contributed by atoms with Crippen LogP contribution in [0.3, 0.4) is 0 Å². The van der Waals surface area contributed by atoms with Gasteiger partial charge in [0.25, 0.3) is 0 Å². The van der Waals surface area contributed by atoms with Crippen LogP contribution in [0.25, 0.3) is 0 Å². The van der Waals surface area contributed by atoms with E-state index in [1.807, 2.05) is 0 Å². The molecule has 13 heavy (non-hydrogen) atoms. The second-order valence-corrected chi connectivity index (χ2v) is 3.06. The molecule has 1 rings (SSSR count). The Bertz CT molecular complexity index is 197. The van der Waals surface area contributed by atoms with Crippen LogP contribution in [-0.4, -0.2) is 42.3 Å². The third-order valence-electron chi connectivity index (χ3n) is 2.09. The fraction of sp³-hybridized carbons (Fsp3) is 0.667. The zero-order valence-corrected chi connectivity index (χ0v) is 7.66. The molecule has 0 aromatic carbocycles. The van der Waals surface area contributed by atoms with Gasteiger partial charge in [-0.05, 0) is 6.42 Å². The van der Waals surface area contributed by atoms with Crippen LogP contribution in [0.2, 0.25) is 0 Å². The first-order chi connectivity index (χ1) is 6.20. The van der Waals surface area contributed by atoms with Crippen LogP contribution in [0.1, 0.15) is 12.8 Å². The lowest BCUT2D eigenvalue weighted by atomic mass is 10.2. The van der Waals surface area contributed by atoms with Gasteiger partial charge in [-0.3, -0.25) is 4.79 Å². The third kappa shape index (κ3) is 3.46. The van der Waals surface area contributed by atoms with Crippen LogP contribution < -0.4 is 0 Å². The molecule has 1 aliphatic heterocycles. The summed E-state index contributed by atoms with van der Waals surface area (Å²) in [6.07, 6.45) is 0.700. The lowest BCUT2D eigenvalue weighted by molar-refractivity contribution is -0.137. The van der Waals surface area contributed by atoms with Crippen molar-refractivity contribution in [2.75, 3.05) is 26.3 Å². The lowest BCUT2D eigenvalue weighted by Crippen LogP contribution is -2.35. The Morgan fingerprint density at radius 1 is 1.38 bits per heavy atom. The number of carboxylic acid groups (broad SMARTS) is 1. The Morgan fingerprint density at radius 3 is 2.54 bits per heavy atom. The SMILES string of the molecule is C=C(CCC(=O)O)N1CCOCC1. The molecule has 0 saturated carbocycles. The van der Waals surface area contributed by atoms with Crippen molar-refractivity contribution in [1.82, 2.24) is 4.90 Å². The average molecular weight is 185 g/mol. The van der Waals surface area contributed by atoms with Gasteiger partial charge in [-0.25, -0.2) is 0 Å². The van der Waals surface area contributed by atoms with Gasteiger partial charge >= 0.3 is 5.97 Å². The Morgan fingerprint density at radius 2 is 2.00 bits per heavy atom. The summed E-state index contributed by atoms with van der Waals surface area (Å²) in [5.74, 6) is -0.769. The molecule has 1 aliphatic rings. The highest BCUT2D eigenvalue weighted by molar-refractivity contribution is 5.66. The minimum Gasteiger partial charge on any atom is -0.481 e. The molecule has 0 atom stereocenters. The maximum atomic E-state index is 10.3. The minimum atomic E-state index is -0.769. The van der Waals surface area contributed by atoms with Gasteiger partial charge in [-0.2, -0.15) is 0 Å². The topological polar surface area (TPSA) is 49.8 Å². The number of ether oxygens (including phenoxy) is 1. The van der Waals surface area contributed by atoms with Crippen LogP contribution in [-0.2, 0) is 9.53 Å². The zero-order chi connectivity index (χ0) is 9.68. The van der Waals surface area contributed by atoms with Crippen molar-refractivity contribution in [2.45, 2.75) is 12.8 Å². The largest absolute Gasteiger partial charge is 0.481 e. The van der Waals surface area contributed by atoms with E-state index >= 15 is 0 Å². The molecule has 0 unspecified atom stereocenters. The van der Waals surface area contributed by atoms with Crippen LogP contribution in [0, 0.1) is 0 Å². The van der Waals surface area contributed by atoms with Gasteiger partial charge in [0.2, 0.25) is 0 Å². The fourth-order valence-corrected chi connectivity index (χ4v) is 1.29. The summed E-state index contributed by atoms with van der Waals surface area (Å²) in [6, 6.07) is 0. The molecule has 1 N–H and O–H groups in total. The molecule has 1 fully saturated rings.